The topological polar surface area (TPSA) is 109 Å². The summed E-state index contributed by atoms with van der Waals surface area (Å²) in [6.07, 6.45) is 3.27. The molecule has 206 valence electrons. The number of phenols is 1. The highest BCUT2D eigenvalue weighted by Crippen LogP contribution is 2.37. The van der Waals surface area contributed by atoms with Crippen molar-refractivity contribution in [2.24, 2.45) is 0 Å². The number of fused-ring (bicyclic) bond motifs is 1. The van der Waals surface area contributed by atoms with Gasteiger partial charge in [0.1, 0.15) is 35.1 Å². The second-order valence-corrected chi connectivity index (χ2v) is 9.24. The fraction of sp³-hybridized carbons (Fsp3) is 0.296. The molecule has 0 radical (unpaired) electrons. The summed E-state index contributed by atoms with van der Waals surface area (Å²) < 4.78 is 39.3. The maximum atomic E-state index is 14.5. The van der Waals surface area contributed by atoms with Gasteiger partial charge in [-0.3, -0.25) is 4.79 Å². The third kappa shape index (κ3) is 6.21. The lowest BCUT2D eigenvalue weighted by molar-refractivity contribution is -0.128. The number of nitrogens with one attached hydrogen (secondary N) is 2. The molecule has 2 aromatic carbocycles. The van der Waals surface area contributed by atoms with Crippen LogP contribution in [0.3, 0.4) is 0 Å². The number of methoxy groups -OCH3 is 1. The largest absolute Gasteiger partial charge is 0.504 e. The number of anilines is 2. The minimum absolute atomic E-state index is 0.0888. The van der Waals surface area contributed by atoms with Crippen LogP contribution < -0.4 is 15.4 Å². The van der Waals surface area contributed by atoms with Crippen LogP contribution in [0.1, 0.15) is 12.8 Å². The number of likely N-dealkylation sites (tertiary alicyclic amines) is 1. The first-order valence-electron chi connectivity index (χ1n) is 12.1. The van der Waals surface area contributed by atoms with E-state index < -0.39 is 28.8 Å². The molecule has 1 aromatic heterocycles. The Hall–Kier alpha value is -3.96. The summed E-state index contributed by atoms with van der Waals surface area (Å²) in [5, 5.41) is 16.1. The van der Waals surface area contributed by atoms with Gasteiger partial charge in [-0.1, -0.05) is 24.8 Å². The second-order valence-electron chi connectivity index (χ2n) is 8.86. The first-order valence-corrected chi connectivity index (χ1v) is 12.5. The zero-order valence-corrected chi connectivity index (χ0v) is 22.0. The van der Waals surface area contributed by atoms with Gasteiger partial charge in [0, 0.05) is 50.2 Å². The Morgan fingerprint density at radius 2 is 2.13 bits per heavy atom. The van der Waals surface area contributed by atoms with Gasteiger partial charge in [0.15, 0.2) is 17.3 Å². The number of carbonyl (C=O) groups excluding carboxylic acids is 1. The Morgan fingerprint density at radius 3 is 2.87 bits per heavy atom. The lowest BCUT2D eigenvalue weighted by atomic mass is 9.97. The molecule has 1 aliphatic rings. The van der Waals surface area contributed by atoms with Gasteiger partial charge in [-0.05, 0) is 24.3 Å². The van der Waals surface area contributed by atoms with Crippen LogP contribution in [0.2, 0.25) is 5.02 Å². The molecule has 1 aliphatic heterocycles. The summed E-state index contributed by atoms with van der Waals surface area (Å²) in [7, 11) is 1.55. The molecule has 2 heterocycles. The van der Waals surface area contributed by atoms with Gasteiger partial charge in [-0.2, -0.15) is 0 Å². The summed E-state index contributed by atoms with van der Waals surface area (Å²) in [5.74, 6) is -1.90. The average molecular weight is 560 g/mol. The standard InChI is InChI=1S/C27H28ClF2N5O4/c1-4-15(2)35-9-7-16(11-21(35)27(37)31-8-10-38-3)39-23-12-17-20(13-22(23)36)32-14-33-26(17)34-19-6-5-18(29)24(28)25(19)30/h4-6,12-14,16,21,36H,1-2,7-11H2,3H3,(H,31,37)(H,32,33,34)/t16-,21-/m0/s1. The smallest absolute Gasteiger partial charge is 0.242 e. The number of amides is 1. The first-order chi connectivity index (χ1) is 18.7. The number of carbonyl (C=O) groups is 1. The molecule has 0 saturated carbocycles. The number of benzene rings is 2. The van der Waals surface area contributed by atoms with E-state index in [2.05, 4.69) is 33.8 Å². The van der Waals surface area contributed by atoms with E-state index in [1.807, 2.05) is 4.90 Å². The van der Waals surface area contributed by atoms with Crippen molar-refractivity contribution >= 4 is 39.9 Å². The molecule has 4 rings (SSSR count). The maximum absolute atomic E-state index is 14.5. The third-order valence-corrected chi connectivity index (χ3v) is 6.71. The van der Waals surface area contributed by atoms with Gasteiger partial charge in [-0.25, -0.2) is 18.7 Å². The van der Waals surface area contributed by atoms with E-state index >= 15 is 0 Å². The number of aromatic nitrogens is 2. The molecule has 0 spiro atoms. The zero-order chi connectivity index (χ0) is 28.1. The summed E-state index contributed by atoms with van der Waals surface area (Å²) in [4.78, 5) is 23.2. The molecular weight excluding hydrogens is 532 g/mol. The van der Waals surface area contributed by atoms with Crippen molar-refractivity contribution in [2.45, 2.75) is 25.0 Å². The highest BCUT2D eigenvalue weighted by Gasteiger charge is 2.35. The van der Waals surface area contributed by atoms with Gasteiger partial charge >= 0.3 is 0 Å². The monoisotopic (exact) mass is 559 g/mol. The summed E-state index contributed by atoms with van der Waals surface area (Å²) >= 11 is 5.71. The van der Waals surface area contributed by atoms with Crippen LogP contribution in [0.15, 0.2) is 55.5 Å². The summed E-state index contributed by atoms with van der Waals surface area (Å²) in [6.45, 7) is 8.96. The predicted molar refractivity (Wildman–Crippen MR) is 144 cm³/mol. The van der Waals surface area contributed by atoms with Crippen LogP contribution in [0.25, 0.3) is 10.9 Å². The summed E-state index contributed by atoms with van der Waals surface area (Å²) in [6, 6.07) is 4.59. The molecule has 2 atom stereocenters. The maximum Gasteiger partial charge on any atom is 0.242 e. The van der Waals surface area contributed by atoms with Crippen LogP contribution in [-0.4, -0.2) is 64.8 Å². The molecule has 0 aliphatic carbocycles. The van der Waals surface area contributed by atoms with E-state index in [1.165, 1.54) is 24.5 Å². The van der Waals surface area contributed by atoms with Crippen LogP contribution in [-0.2, 0) is 9.53 Å². The fourth-order valence-corrected chi connectivity index (χ4v) is 4.50. The lowest BCUT2D eigenvalue weighted by Gasteiger charge is -2.40. The zero-order valence-electron chi connectivity index (χ0n) is 21.2. The number of nitrogens with zero attached hydrogens (tertiary/aromatic N) is 3. The van der Waals surface area contributed by atoms with Crippen molar-refractivity contribution in [1.82, 2.24) is 20.2 Å². The number of hydrogen-bond donors (Lipinski definition) is 3. The number of hydrogen-bond acceptors (Lipinski definition) is 8. The Balaban J connectivity index is 1.59. The van der Waals surface area contributed by atoms with Gasteiger partial charge in [-0.15, -0.1) is 0 Å². The highest BCUT2D eigenvalue weighted by atomic mass is 35.5. The van der Waals surface area contributed by atoms with Crippen LogP contribution in [0.5, 0.6) is 11.5 Å². The van der Waals surface area contributed by atoms with Crippen molar-refractivity contribution in [3.63, 3.8) is 0 Å². The van der Waals surface area contributed by atoms with Crippen LogP contribution >= 0.6 is 11.6 Å². The Kier molecular flexibility index (Phi) is 8.82. The molecule has 0 unspecified atom stereocenters. The van der Waals surface area contributed by atoms with Crippen LogP contribution in [0, 0.1) is 11.6 Å². The quantitative estimate of drug-likeness (QED) is 0.187. The Bertz CT molecular complexity index is 1410. The predicted octanol–water partition coefficient (Wildman–Crippen LogP) is 4.68. The SMILES string of the molecule is C=CC(=C)N1CC[C@H](Oc2cc3c(Nc4ccc(F)c(Cl)c4F)ncnc3cc2O)C[C@H]1C(=O)NCCOC. The molecule has 1 fully saturated rings. The number of phenolic OH excluding ortho intramolecular Hbond substituents is 1. The second kappa shape index (κ2) is 12.3. The van der Waals surface area contributed by atoms with E-state index in [0.717, 1.165) is 6.07 Å². The number of piperidine rings is 1. The molecule has 39 heavy (non-hydrogen) atoms. The average Bonchev–Trinajstić information content (AvgIpc) is 2.93. The molecule has 12 heteroatoms. The number of aromatic hydroxyl groups is 1. The fourth-order valence-electron chi connectivity index (χ4n) is 4.34. The Morgan fingerprint density at radius 1 is 1.33 bits per heavy atom. The van der Waals surface area contributed by atoms with Crippen molar-refractivity contribution < 1.29 is 28.2 Å². The van der Waals surface area contributed by atoms with Crippen LogP contribution in [0.4, 0.5) is 20.3 Å². The van der Waals surface area contributed by atoms with Crippen molar-refractivity contribution in [3.8, 4) is 11.5 Å². The molecule has 3 N–H and O–H groups in total. The van der Waals surface area contributed by atoms with Gasteiger partial charge in [0.2, 0.25) is 5.91 Å². The van der Waals surface area contributed by atoms with E-state index in [1.54, 1.807) is 13.2 Å². The number of halogens is 3. The molecule has 1 amide bonds. The highest BCUT2D eigenvalue weighted by molar-refractivity contribution is 6.31. The van der Waals surface area contributed by atoms with E-state index in [9.17, 15) is 18.7 Å². The normalized spacial score (nSPS) is 17.1. The molecule has 0 bridgehead atoms. The van der Waals surface area contributed by atoms with E-state index in [4.69, 9.17) is 21.1 Å². The van der Waals surface area contributed by atoms with Crippen molar-refractivity contribution in [3.05, 3.63) is 72.2 Å². The minimum Gasteiger partial charge on any atom is -0.504 e. The van der Waals surface area contributed by atoms with Gasteiger partial charge in [0.05, 0.1) is 17.8 Å². The molecule has 3 aromatic rings. The lowest BCUT2D eigenvalue weighted by Crippen LogP contribution is -2.53. The van der Waals surface area contributed by atoms with Gasteiger partial charge < -0.3 is 30.1 Å². The Labute approximate surface area is 229 Å². The third-order valence-electron chi connectivity index (χ3n) is 6.36. The van der Waals surface area contributed by atoms with Gasteiger partial charge in [0.25, 0.3) is 0 Å². The van der Waals surface area contributed by atoms with E-state index in [-0.39, 0.29) is 28.9 Å². The van der Waals surface area contributed by atoms with Crippen molar-refractivity contribution in [1.29, 1.82) is 0 Å². The number of rotatable bonds is 10. The van der Waals surface area contributed by atoms with E-state index in [0.29, 0.717) is 49.1 Å². The van der Waals surface area contributed by atoms with Crippen molar-refractivity contribution in [2.75, 3.05) is 32.1 Å². The number of ether oxygens (including phenoxy) is 2. The molecule has 1 saturated heterocycles. The number of allylic oxidation sites excluding steroid dienone is 1. The first kappa shape index (κ1) is 28.1. The summed E-state index contributed by atoms with van der Waals surface area (Å²) in [5.41, 5.74) is 0.891. The minimum atomic E-state index is -0.971. The molecule has 9 nitrogen and oxygen atoms in total. The molecular formula is C27H28ClF2N5O4.